The maximum absolute atomic E-state index is 10.0. The van der Waals surface area contributed by atoms with Crippen LogP contribution in [0, 0.1) is 11.3 Å². The summed E-state index contributed by atoms with van der Waals surface area (Å²) in [5.41, 5.74) is 1.08. The maximum atomic E-state index is 10.0. The van der Waals surface area contributed by atoms with Crippen molar-refractivity contribution in [3.63, 3.8) is 0 Å². The van der Waals surface area contributed by atoms with Gasteiger partial charge in [0.15, 0.2) is 0 Å². The van der Waals surface area contributed by atoms with E-state index < -0.39 is 0 Å². The molecule has 0 aliphatic rings. The molecule has 108 valence electrons. The Labute approximate surface area is 126 Å². The van der Waals surface area contributed by atoms with Crippen LogP contribution in [0.3, 0.4) is 0 Å². The van der Waals surface area contributed by atoms with Crippen molar-refractivity contribution in [2.75, 3.05) is 0 Å². The fraction of sp³-hybridized carbons (Fsp3) is 0.625. The molecular formula is C16H24Cl2O. The molecule has 2 atom stereocenters. The van der Waals surface area contributed by atoms with Crippen LogP contribution in [0.4, 0.5) is 0 Å². The SMILES string of the molecule is C[C@@H](CC[C@H](O)C(C)(C)C)Cc1ccc(Cl)cc1Cl. The molecule has 3 heteroatoms. The van der Waals surface area contributed by atoms with Gasteiger partial charge in [-0.05, 0) is 48.3 Å². The molecular weight excluding hydrogens is 279 g/mol. The van der Waals surface area contributed by atoms with E-state index in [2.05, 4.69) is 27.7 Å². The zero-order valence-corrected chi connectivity index (χ0v) is 13.7. The molecule has 0 spiro atoms. The Hall–Kier alpha value is -0.240. The lowest BCUT2D eigenvalue weighted by Gasteiger charge is -2.26. The van der Waals surface area contributed by atoms with Gasteiger partial charge in [0.1, 0.15) is 0 Å². The minimum Gasteiger partial charge on any atom is -0.393 e. The summed E-state index contributed by atoms with van der Waals surface area (Å²) >= 11 is 12.1. The largest absolute Gasteiger partial charge is 0.393 e. The van der Waals surface area contributed by atoms with Gasteiger partial charge in [-0.15, -0.1) is 0 Å². The van der Waals surface area contributed by atoms with Gasteiger partial charge in [-0.2, -0.15) is 0 Å². The second-order valence-corrected chi connectivity index (χ2v) is 7.35. The summed E-state index contributed by atoms with van der Waals surface area (Å²) in [6.45, 7) is 8.40. The highest BCUT2D eigenvalue weighted by atomic mass is 35.5. The van der Waals surface area contributed by atoms with Crippen molar-refractivity contribution in [3.8, 4) is 0 Å². The van der Waals surface area contributed by atoms with E-state index >= 15 is 0 Å². The Morgan fingerprint density at radius 1 is 1.16 bits per heavy atom. The van der Waals surface area contributed by atoms with E-state index in [9.17, 15) is 5.11 Å². The summed E-state index contributed by atoms with van der Waals surface area (Å²) < 4.78 is 0. The number of halogens is 2. The lowest BCUT2D eigenvalue weighted by molar-refractivity contribution is 0.0505. The lowest BCUT2D eigenvalue weighted by atomic mass is 9.84. The first-order chi connectivity index (χ1) is 8.70. The average Bonchev–Trinajstić information content (AvgIpc) is 2.28. The highest BCUT2D eigenvalue weighted by Crippen LogP contribution is 2.27. The third-order valence-electron chi connectivity index (χ3n) is 3.52. The fourth-order valence-corrected chi connectivity index (χ4v) is 2.53. The minimum atomic E-state index is -0.254. The molecule has 0 radical (unpaired) electrons. The van der Waals surface area contributed by atoms with E-state index in [0.717, 1.165) is 29.8 Å². The molecule has 19 heavy (non-hydrogen) atoms. The third kappa shape index (κ3) is 5.72. The maximum Gasteiger partial charge on any atom is 0.0588 e. The molecule has 0 bridgehead atoms. The van der Waals surface area contributed by atoms with Crippen molar-refractivity contribution in [3.05, 3.63) is 33.8 Å². The Kier molecular flexibility index (Phi) is 6.16. The number of benzene rings is 1. The molecule has 1 N–H and O–H groups in total. The monoisotopic (exact) mass is 302 g/mol. The van der Waals surface area contributed by atoms with Crippen molar-refractivity contribution in [1.29, 1.82) is 0 Å². The van der Waals surface area contributed by atoms with E-state index in [4.69, 9.17) is 23.2 Å². The first-order valence-electron chi connectivity index (χ1n) is 6.82. The highest BCUT2D eigenvalue weighted by molar-refractivity contribution is 6.35. The van der Waals surface area contributed by atoms with Gasteiger partial charge in [-0.1, -0.05) is 57.0 Å². The van der Waals surface area contributed by atoms with Crippen LogP contribution in [0.25, 0.3) is 0 Å². The molecule has 0 aliphatic carbocycles. The number of aliphatic hydroxyl groups excluding tert-OH is 1. The molecule has 0 amide bonds. The van der Waals surface area contributed by atoms with Crippen LogP contribution in [0.5, 0.6) is 0 Å². The first kappa shape index (κ1) is 16.8. The molecule has 1 rings (SSSR count). The zero-order chi connectivity index (χ0) is 14.6. The Morgan fingerprint density at radius 3 is 2.32 bits per heavy atom. The zero-order valence-electron chi connectivity index (χ0n) is 12.2. The van der Waals surface area contributed by atoms with E-state index in [1.807, 2.05) is 12.1 Å². The van der Waals surface area contributed by atoms with Gasteiger partial charge in [0.2, 0.25) is 0 Å². The van der Waals surface area contributed by atoms with Gasteiger partial charge < -0.3 is 5.11 Å². The average molecular weight is 303 g/mol. The highest BCUT2D eigenvalue weighted by Gasteiger charge is 2.22. The molecule has 1 nitrogen and oxygen atoms in total. The normalized spacial score (nSPS) is 15.3. The van der Waals surface area contributed by atoms with Gasteiger partial charge >= 0.3 is 0 Å². The van der Waals surface area contributed by atoms with Crippen LogP contribution < -0.4 is 0 Å². The third-order valence-corrected chi connectivity index (χ3v) is 4.10. The summed E-state index contributed by atoms with van der Waals surface area (Å²) in [5, 5.41) is 11.5. The molecule has 1 aromatic carbocycles. The Bertz CT molecular complexity index is 410. The summed E-state index contributed by atoms with van der Waals surface area (Å²) in [6, 6.07) is 5.65. The van der Waals surface area contributed by atoms with Crippen molar-refractivity contribution in [1.82, 2.24) is 0 Å². The van der Waals surface area contributed by atoms with Crippen molar-refractivity contribution < 1.29 is 5.11 Å². The van der Waals surface area contributed by atoms with Crippen LogP contribution in [-0.4, -0.2) is 11.2 Å². The molecule has 1 aromatic rings. The van der Waals surface area contributed by atoms with Crippen molar-refractivity contribution in [2.24, 2.45) is 11.3 Å². The minimum absolute atomic E-state index is 0.0440. The van der Waals surface area contributed by atoms with Crippen LogP contribution in [0.2, 0.25) is 10.0 Å². The standard InChI is InChI=1S/C16H24Cl2O/c1-11(5-8-15(19)16(2,3)4)9-12-6-7-13(17)10-14(12)18/h6-7,10-11,15,19H,5,8-9H2,1-4H3/t11-,15-/m0/s1. The summed E-state index contributed by atoms with van der Waals surface area (Å²) in [4.78, 5) is 0. The summed E-state index contributed by atoms with van der Waals surface area (Å²) in [6.07, 6.45) is 2.50. The van der Waals surface area contributed by atoms with Crippen LogP contribution in [0.1, 0.15) is 46.1 Å². The Morgan fingerprint density at radius 2 is 1.79 bits per heavy atom. The van der Waals surface area contributed by atoms with Crippen LogP contribution >= 0.6 is 23.2 Å². The van der Waals surface area contributed by atoms with Gasteiger partial charge in [0.25, 0.3) is 0 Å². The van der Waals surface area contributed by atoms with E-state index in [1.165, 1.54) is 0 Å². The van der Waals surface area contributed by atoms with E-state index in [0.29, 0.717) is 10.9 Å². The van der Waals surface area contributed by atoms with Gasteiger partial charge in [-0.3, -0.25) is 0 Å². The fourth-order valence-electron chi connectivity index (χ4n) is 2.04. The molecule has 0 fully saturated rings. The Balaban J connectivity index is 2.49. The molecule has 0 aliphatic heterocycles. The lowest BCUT2D eigenvalue weighted by Crippen LogP contribution is -2.26. The quantitative estimate of drug-likeness (QED) is 0.776. The molecule has 0 unspecified atom stereocenters. The summed E-state index contributed by atoms with van der Waals surface area (Å²) in [5.74, 6) is 0.496. The summed E-state index contributed by atoms with van der Waals surface area (Å²) in [7, 11) is 0. The number of rotatable bonds is 5. The second-order valence-electron chi connectivity index (χ2n) is 6.50. The van der Waals surface area contributed by atoms with E-state index in [1.54, 1.807) is 6.07 Å². The van der Waals surface area contributed by atoms with Crippen LogP contribution in [0.15, 0.2) is 18.2 Å². The topological polar surface area (TPSA) is 20.2 Å². The number of hydrogen-bond acceptors (Lipinski definition) is 1. The van der Waals surface area contributed by atoms with Gasteiger partial charge in [0.05, 0.1) is 6.10 Å². The van der Waals surface area contributed by atoms with Crippen LogP contribution in [-0.2, 0) is 6.42 Å². The predicted molar refractivity (Wildman–Crippen MR) is 84.0 cm³/mol. The molecule has 0 aromatic heterocycles. The van der Waals surface area contributed by atoms with Crippen molar-refractivity contribution >= 4 is 23.2 Å². The smallest absolute Gasteiger partial charge is 0.0588 e. The van der Waals surface area contributed by atoms with Crippen molar-refractivity contribution in [2.45, 2.75) is 53.1 Å². The first-order valence-corrected chi connectivity index (χ1v) is 7.57. The molecule has 0 heterocycles. The van der Waals surface area contributed by atoms with Gasteiger partial charge in [-0.25, -0.2) is 0 Å². The van der Waals surface area contributed by atoms with E-state index in [-0.39, 0.29) is 11.5 Å². The number of hydrogen-bond donors (Lipinski definition) is 1. The predicted octanol–water partition coefficient (Wildman–Crippen LogP) is 5.36. The molecule has 0 saturated carbocycles. The number of aliphatic hydroxyl groups is 1. The second kappa shape index (κ2) is 6.97. The van der Waals surface area contributed by atoms with Gasteiger partial charge in [0, 0.05) is 10.0 Å². The molecule has 0 saturated heterocycles.